The normalized spacial score (nSPS) is 18.2. The zero-order chi connectivity index (χ0) is 26.7. The van der Waals surface area contributed by atoms with Gasteiger partial charge < -0.3 is 10.1 Å². The number of amides is 2. The minimum absolute atomic E-state index is 0.164. The Kier molecular flexibility index (Phi) is 8.39. The quantitative estimate of drug-likeness (QED) is 0.283. The van der Waals surface area contributed by atoms with Crippen LogP contribution >= 0.6 is 23.4 Å². The van der Waals surface area contributed by atoms with Gasteiger partial charge in [0.05, 0.1) is 17.8 Å². The topological polar surface area (TPSA) is 53.9 Å². The Morgan fingerprint density at radius 1 is 1.17 bits per heavy atom. The fraction of sp³-hybridized carbons (Fsp3) is 0.391. The highest BCUT2D eigenvalue weighted by atomic mass is 35.5. The number of hydrogen-bond acceptors (Lipinski definition) is 4. The number of ether oxygens (including phenoxy) is 1. The van der Waals surface area contributed by atoms with Crippen LogP contribution in [0.4, 0.5) is 36.8 Å². The molecule has 2 amide bonds. The van der Waals surface area contributed by atoms with Gasteiger partial charge in [-0.3, -0.25) is 0 Å². The molecule has 0 radical (unpaired) electrons. The lowest BCUT2D eigenvalue weighted by atomic mass is 9.78. The van der Waals surface area contributed by atoms with Crippen molar-refractivity contribution in [3.8, 4) is 5.75 Å². The Hall–Kier alpha value is -2.60. The van der Waals surface area contributed by atoms with Crippen molar-refractivity contribution in [2.45, 2.75) is 32.3 Å². The Balaban J connectivity index is 1.87. The van der Waals surface area contributed by atoms with Crippen molar-refractivity contribution in [1.82, 2.24) is 5.01 Å². The molecule has 1 N–H and O–H groups in total. The van der Waals surface area contributed by atoms with E-state index in [2.05, 4.69) is 15.2 Å². The molecule has 2 aromatic carbocycles. The maximum atomic E-state index is 13.1. The fourth-order valence-electron chi connectivity index (χ4n) is 3.85. The Morgan fingerprint density at radius 2 is 1.83 bits per heavy atom. The maximum absolute atomic E-state index is 13.1. The highest BCUT2D eigenvalue weighted by Gasteiger charge is 2.42. The van der Waals surface area contributed by atoms with Gasteiger partial charge in [-0.15, -0.1) is 13.2 Å². The van der Waals surface area contributed by atoms with Crippen LogP contribution in [0.25, 0.3) is 0 Å². The Labute approximate surface area is 212 Å². The van der Waals surface area contributed by atoms with Crippen LogP contribution in [0.3, 0.4) is 0 Å². The summed E-state index contributed by atoms with van der Waals surface area (Å²) < 4.78 is 81.0. The maximum Gasteiger partial charge on any atom is 0.573 e. The molecule has 1 aliphatic heterocycles. The number of carbonyl (C=O) groups is 1. The summed E-state index contributed by atoms with van der Waals surface area (Å²) in [5, 5.41) is 8.41. The number of benzene rings is 2. The number of carbonyl (C=O) groups excluding carboxylic acids is 1. The molecule has 3 rings (SSSR count). The highest BCUT2D eigenvalue weighted by molar-refractivity contribution is 7.98. The number of urea groups is 1. The van der Waals surface area contributed by atoms with Crippen LogP contribution in [0.2, 0.25) is 5.02 Å². The first-order chi connectivity index (χ1) is 16.7. The molecule has 1 atom stereocenters. The van der Waals surface area contributed by atoms with Gasteiger partial charge in [0.2, 0.25) is 0 Å². The first-order valence-electron chi connectivity index (χ1n) is 10.6. The summed E-state index contributed by atoms with van der Waals surface area (Å²) in [5.41, 5.74) is -1.10. The van der Waals surface area contributed by atoms with Crippen LogP contribution in [0.1, 0.15) is 30.9 Å². The molecule has 0 aromatic heterocycles. The smallest absolute Gasteiger partial charge is 0.405 e. The van der Waals surface area contributed by atoms with E-state index in [0.717, 1.165) is 28.8 Å². The van der Waals surface area contributed by atoms with Crippen LogP contribution in [0.15, 0.2) is 47.6 Å². The molecule has 36 heavy (non-hydrogen) atoms. The predicted molar refractivity (Wildman–Crippen MR) is 128 cm³/mol. The summed E-state index contributed by atoms with van der Waals surface area (Å²) in [7, 11) is 0. The Morgan fingerprint density at radius 3 is 2.42 bits per heavy atom. The molecule has 0 aliphatic carbocycles. The zero-order valence-corrected chi connectivity index (χ0v) is 20.7. The second-order valence-corrected chi connectivity index (χ2v) is 9.78. The molecule has 0 saturated carbocycles. The van der Waals surface area contributed by atoms with Gasteiger partial charge in [-0.05, 0) is 54.7 Å². The molecule has 1 unspecified atom stereocenters. The van der Waals surface area contributed by atoms with Gasteiger partial charge >= 0.3 is 18.6 Å². The van der Waals surface area contributed by atoms with Crippen molar-refractivity contribution in [2.75, 3.05) is 23.9 Å². The van der Waals surface area contributed by atoms with Gasteiger partial charge in [0, 0.05) is 22.2 Å². The molecule has 5 nitrogen and oxygen atoms in total. The SMILES string of the molecule is CSCCCC1(C)CN(C(=O)Nc2ccc(C(F)(F)F)c(OC(F)(F)F)c2)N=C1c1ccc(Cl)cc1. The third-order valence-corrected chi connectivity index (χ3v) is 6.43. The summed E-state index contributed by atoms with van der Waals surface area (Å²) in [4.78, 5) is 12.9. The van der Waals surface area contributed by atoms with Crippen molar-refractivity contribution in [3.63, 3.8) is 0 Å². The number of hydrogen-bond donors (Lipinski definition) is 1. The molecule has 196 valence electrons. The van der Waals surface area contributed by atoms with E-state index in [0.29, 0.717) is 29.3 Å². The lowest BCUT2D eigenvalue weighted by Gasteiger charge is -2.26. The molecule has 0 bridgehead atoms. The van der Waals surface area contributed by atoms with Crippen LogP contribution < -0.4 is 10.1 Å². The highest BCUT2D eigenvalue weighted by Crippen LogP contribution is 2.40. The molecule has 1 aliphatic rings. The van der Waals surface area contributed by atoms with Crippen molar-refractivity contribution in [2.24, 2.45) is 10.5 Å². The molecule has 0 saturated heterocycles. The molecular weight excluding hydrogens is 532 g/mol. The van der Waals surface area contributed by atoms with Gasteiger partial charge in [0.1, 0.15) is 5.75 Å². The summed E-state index contributed by atoms with van der Waals surface area (Å²) in [5.74, 6) is -0.579. The van der Waals surface area contributed by atoms with Gasteiger partial charge in [-0.2, -0.15) is 30.0 Å². The Bertz CT molecular complexity index is 1120. The van der Waals surface area contributed by atoms with E-state index in [9.17, 15) is 31.1 Å². The van der Waals surface area contributed by atoms with Crippen molar-refractivity contribution >= 4 is 40.8 Å². The number of thioether (sulfide) groups is 1. The third-order valence-electron chi connectivity index (χ3n) is 5.48. The van der Waals surface area contributed by atoms with E-state index in [4.69, 9.17) is 11.6 Å². The first-order valence-corrected chi connectivity index (χ1v) is 12.4. The molecule has 0 fully saturated rings. The van der Waals surface area contributed by atoms with Gasteiger partial charge in [0.25, 0.3) is 0 Å². The molecule has 13 heteroatoms. The van der Waals surface area contributed by atoms with Crippen molar-refractivity contribution in [1.29, 1.82) is 0 Å². The minimum atomic E-state index is -5.35. The van der Waals surface area contributed by atoms with E-state index >= 15 is 0 Å². The fourth-order valence-corrected chi connectivity index (χ4v) is 4.41. The van der Waals surface area contributed by atoms with E-state index < -0.39 is 35.3 Å². The van der Waals surface area contributed by atoms with E-state index in [1.807, 2.05) is 13.2 Å². The van der Waals surface area contributed by atoms with E-state index in [1.54, 1.807) is 36.0 Å². The standard InChI is InChI=1S/C23H22ClF6N3O2S/c1-21(10-3-11-36-2)13-33(32-19(21)14-4-6-15(24)7-5-14)20(34)31-16-8-9-17(22(25,26)27)18(12-16)35-23(28,29)30/h4-9,12H,3,10-11,13H2,1-2H3,(H,31,34). The van der Waals surface area contributed by atoms with Crippen LogP contribution in [0, 0.1) is 5.41 Å². The molecule has 2 aromatic rings. The average Bonchev–Trinajstić information content (AvgIpc) is 3.10. The minimum Gasteiger partial charge on any atom is -0.405 e. The van der Waals surface area contributed by atoms with Crippen LogP contribution in [-0.2, 0) is 6.18 Å². The zero-order valence-electron chi connectivity index (χ0n) is 19.1. The largest absolute Gasteiger partial charge is 0.573 e. The third kappa shape index (κ3) is 7.00. The summed E-state index contributed by atoms with van der Waals surface area (Å²) >= 11 is 7.66. The van der Waals surface area contributed by atoms with Gasteiger partial charge in [-0.25, -0.2) is 9.80 Å². The van der Waals surface area contributed by atoms with Crippen molar-refractivity contribution in [3.05, 3.63) is 58.6 Å². The number of anilines is 1. The summed E-state index contributed by atoms with van der Waals surface area (Å²) in [6, 6.07) is 7.85. The number of halogens is 7. The van der Waals surface area contributed by atoms with Crippen LogP contribution in [-0.4, -0.2) is 41.7 Å². The second-order valence-electron chi connectivity index (χ2n) is 8.36. The van der Waals surface area contributed by atoms with Gasteiger partial charge in [0.15, 0.2) is 0 Å². The monoisotopic (exact) mass is 553 g/mol. The van der Waals surface area contributed by atoms with Crippen molar-refractivity contribution < 1.29 is 35.9 Å². The van der Waals surface area contributed by atoms with E-state index in [-0.39, 0.29) is 12.2 Å². The van der Waals surface area contributed by atoms with Crippen LogP contribution in [0.5, 0.6) is 5.75 Å². The number of alkyl halides is 6. The summed E-state index contributed by atoms with van der Waals surface area (Å²) in [6.07, 6.45) is -6.92. The molecule has 1 heterocycles. The van der Waals surface area contributed by atoms with Gasteiger partial charge in [-0.1, -0.05) is 30.7 Å². The average molecular weight is 554 g/mol. The summed E-state index contributed by atoms with van der Waals surface area (Å²) in [6.45, 7) is 2.11. The lowest BCUT2D eigenvalue weighted by molar-refractivity contribution is -0.276. The van der Waals surface area contributed by atoms with E-state index in [1.165, 1.54) is 0 Å². The number of rotatable bonds is 7. The first kappa shape index (κ1) is 28.0. The number of nitrogens with zero attached hydrogens (tertiary/aromatic N) is 2. The predicted octanol–water partition coefficient (Wildman–Crippen LogP) is 7.66. The lowest BCUT2D eigenvalue weighted by Crippen LogP contribution is -2.36. The number of hydrazone groups is 1. The molecular formula is C23H22ClF6N3O2S. The second kappa shape index (κ2) is 10.8. The molecule has 0 spiro atoms. The number of nitrogens with one attached hydrogen (secondary N) is 1.